The molecule has 1 unspecified atom stereocenters. The zero-order valence-electron chi connectivity index (χ0n) is 8.96. The van der Waals surface area contributed by atoms with Crippen LogP contribution in [0.3, 0.4) is 0 Å². The zero-order chi connectivity index (χ0) is 10.4. The van der Waals surface area contributed by atoms with Crippen LogP contribution in [-0.2, 0) is 6.54 Å². The molecule has 0 aliphatic rings. The average Bonchev–Trinajstić information content (AvgIpc) is 2.17. The fraction of sp³-hybridized carbons (Fsp3) is 0.500. The van der Waals surface area contributed by atoms with Gasteiger partial charge in [0, 0.05) is 19.7 Å². The van der Waals surface area contributed by atoms with E-state index in [1.807, 2.05) is 6.92 Å². The molecule has 0 saturated carbocycles. The Morgan fingerprint density at radius 1 is 1.43 bits per heavy atom. The van der Waals surface area contributed by atoms with Gasteiger partial charge in [0.1, 0.15) is 0 Å². The largest absolute Gasteiger partial charge is 0.396 e. The second-order valence-electron chi connectivity index (χ2n) is 3.91. The molecule has 1 rings (SSSR count). The van der Waals surface area contributed by atoms with Crippen molar-refractivity contribution in [1.82, 2.24) is 5.32 Å². The average molecular weight is 193 g/mol. The van der Waals surface area contributed by atoms with Gasteiger partial charge in [0.2, 0.25) is 0 Å². The molecule has 0 saturated heterocycles. The summed E-state index contributed by atoms with van der Waals surface area (Å²) in [5.74, 6) is 0.333. The minimum Gasteiger partial charge on any atom is -0.396 e. The maximum Gasteiger partial charge on any atom is 0.0468 e. The van der Waals surface area contributed by atoms with Crippen LogP contribution in [0.1, 0.15) is 18.1 Å². The third-order valence-corrected chi connectivity index (χ3v) is 2.22. The van der Waals surface area contributed by atoms with Gasteiger partial charge in [-0.05, 0) is 18.4 Å². The van der Waals surface area contributed by atoms with Gasteiger partial charge in [0.05, 0.1) is 0 Å². The number of aliphatic hydroxyl groups is 1. The SMILES string of the molecule is Cc1cccc(CNCC(C)CO)c1. The van der Waals surface area contributed by atoms with Crippen molar-refractivity contribution in [1.29, 1.82) is 0 Å². The monoisotopic (exact) mass is 193 g/mol. The molecular formula is C12H19NO. The van der Waals surface area contributed by atoms with Crippen molar-refractivity contribution in [2.45, 2.75) is 20.4 Å². The quantitative estimate of drug-likeness (QED) is 0.746. The Balaban J connectivity index is 2.31. The van der Waals surface area contributed by atoms with Crippen LogP contribution in [0.15, 0.2) is 24.3 Å². The lowest BCUT2D eigenvalue weighted by Crippen LogP contribution is -2.22. The zero-order valence-corrected chi connectivity index (χ0v) is 8.96. The fourth-order valence-electron chi connectivity index (χ4n) is 1.35. The molecule has 0 radical (unpaired) electrons. The predicted octanol–water partition coefficient (Wildman–Crippen LogP) is 1.71. The molecule has 0 spiro atoms. The minimum atomic E-state index is 0.251. The van der Waals surface area contributed by atoms with E-state index in [9.17, 15) is 0 Å². The smallest absolute Gasteiger partial charge is 0.0468 e. The molecule has 1 aromatic rings. The first kappa shape index (κ1) is 11.2. The lowest BCUT2D eigenvalue weighted by Gasteiger charge is -2.09. The topological polar surface area (TPSA) is 32.3 Å². The number of hydrogen-bond donors (Lipinski definition) is 2. The molecule has 0 amide bonds. The van der Waals surface area contributed by atoms with Crippen LogP contribution < -0.4 is 5.32 Å². The van der Waals surface area contributed by atoms with Gasteiger partial charge in [-0.2, -0.15) is 0 Å². The molecule has 2 heteroatoms. The van der Waals surface area contributed by atoms with E-state index >= 15 is 0 Å². The summed E-state index contributed by atoms with van der Waals surface area (Å²) >= 11 is 0. The summed E-state index contributed by atoms with van der Waals surface area (Å²) < 4.78 is 0. The maximum absolute atomic E-state index is 8.84. The summed E-state index contributed by atoms with van der Waals surface area (Å²) in [7, 11) is 0. The van der Waals surface area contributed by atoms with E-state index < -0.39 is 0 Å². The molecule has 0 aromatic heterocycles. The van der Waals surface area contributed by atoms with Crippen molar-refractivity contribution in [2.75, 3.05) is 13.2 Å². The van der Waals surface area contributed by atoms with E-state index in [4.69, 9.17) is 5.11 Å². The van der Waals surface area contributed by atoms with Crippen LogP contribution in [0.4, 0.5) is 0 Å². The van der Waals surface area contributed by atoms with Crippen LogP contribution in [0.25, 0.3) is 0 Å². The van der Waals surface area contributed by atoms with Crippen LogP contribution in [0.2, 0.25) is 0 Å². The molecule has 2 nitrogen and oxygen atoms in total. The summed E-state index contributed by atoms with van der Waals surface area (Å²) in [5.41, 5.74) is 2.59. The van der Waals surface area contributed by atoms with Gasteiger partial charge in [0.25, 0.3) is 0 Å². The van der Waals surface area contributed by atoms with Gasteiger partial charge in [-0.3, -0.25) is 0 Å². The third-order valence-electron chi connectivity index (χ3n) is 2.22. The summed E-state index contributed by atoms with van der Waals surface area (Å²) in [6.07, 6.45) is 0. The molecular weight excluding hydrogens is 174 g/mol. The molecule has 0 aliphatic heterocycles. The maximum atomic E-state index is 8.84. The summed E-state index contributed by atoms with van der Waals surface area (Å²) in [6, 6.07) is 8.46. The lowest BCUT2D eigenvalue weighted by molar-refractivity contribution is 0.233. The predicted molar refractivity (Wildman–Crippen MR) is 59.1 cm³/mol. The first-order valence-corrected chi connectivity index (χ1v) is 5.09. The molecule has 0 fully saturated rings. The number of aryl methyl sites for hydroxylation is 1. The first-order valence-electron chi connectivity index (χ1n) is 5.09. The molecule has 14 heavy (non-hydrogen) atoms. The standard InChI is InChI=1S/C12H19NO/c1-10-4-3-5-12(6-10)8-13-7-11(2)9-14/h3-6,11,13-14H,7-9H2,1-2H3. The van der Waals surface area contributed by atoms with Gasteiger partial charge in [-0.15, -0.1) is 0 Å². The summed E-state index contributed by atoms with van der Waals surface area (Å²) in [5, 5.41) is 12.2. The number of rotatable bonds is 5. The highest BCUT2D eigenvalue weighted by atomic mass is 16.3. The van der Waals surface area contributed by atoms with Gasteiger partial charge in [0.15, 0.2) is 0 Å². The molecule has 1 aromatic carbocycles. The molecule has 0 bridgehead atoms. The Labute approximate surface area is 86.0 Å². The van der Waals surface area contributed by atoms with Crippen molar-refractivity contribution in [3.8, 4) is 0 Å². The van der Waals surface area contributed by atoms with Crippen LogP contribution in [0.5, 0.6) is 0 Å². The van der Waals surface area contributed by atoms with Crippen molar-refractivity contribution in [2.24, 2.45) is 5.92 Å². The lowest BCUT2D eigenvalue weighted by atomic mass is 10.1. The normalized spacial score (nSPS) is 12.8. The van der Waals surface area contributed by atoms with Gasteiger partial charge < -0.3 is 10.4 Å². The number of nitrogens with one attached hydrogen (secondary N) is 1. The van der Waals surface area contributed by atoms with Crippen molar-refractivity contribution in [3.05, 3.63) is 35.4 Å². The van der Waals surface area contributed by atoms with Crippen LogP contribution in [-0.4, -0.2) is 18.3 Å². The fourth-order valence-corrected chi connectivity index (χ4v) is 1.35. The van der Waals surface area contributed by atoms with Crippen molar-refractivity contribution >= 4 is 0 Å². The highest BCUT2D eigenvalue weighted by molar-refractivity contribution is 5.21. The van der Waals surface area contributed by atoms with Crippen molar-refractivity contribution in [3.63, 3.8) is 0 Å². The van der Waals surface area contributed by atoms with E-state index in [0.717, 1.165) is 13.1 Å². The molecule has 0 heterocycles. The van der Waals surface area contributed by atoms with Crippen LogP contribution >= 0.6 is 0 Å². The number of aliphatic hydroxyl groups excluding tert-OH is 1. The Bertz CT molecular complexity index is 273. The summed E-state index contributed by atoms with van der Waals surface area (Å²) in [6.45, 7) is 6.13. The Hall–Kier alpha value is -0.860. The number of benzene rings is 1. The van der Waals surface area contributed by atoms with E-state index in [-0.39, 0.29) is 6.61 Å². The molecule has 1 atom stereocenters. The van der Waals surface area contributed by atoms with E-state index in [0.29, 0.717) is 5.92 Å². The van der Waals surface area contributed by atoms with Gasteiger partial charge >= 0.3 is 0 Å². The van der Waals surface area contributed by atoms with Crippen LogP contribution in [0, 0.1) is 12.8 Å². The van der Waals surface area contributed by atoms with Gasteiger partial charge in [-0.1, -0.05) is 36.8 Å². The third kappa shape index (κ3) is 3.90. The first-order chi connectivity index (χ1) is 6.72. The molecule has 0 aliphatic carbocycles. The van der Waals surface area contributed by atoms with E-state index in [2.05, 4.69) is 36.5 Å². The highest BCUT2D eigenvalue weighted by Crippen LogP contribution is 2.03. The van der Waals surface area contributed by atoms with Gasteiger partial charge in [-0.25, -0.2) is 0 Å². The number of hydrogen-bond acceptors (Lipinski definition) is 2. The Morgan fingerprint density at radius 3 is 2.86 bits per heavy atom. The minimum absolute atomic E-state index is 0.251. The van der Waals surface area contributed by atoms with E-state index in [1.165, 1.54) is 11.1 Å². The summed E-state index contributed by atoms with van der Waals surface area (Å²) in [4.78, 5) is 0. The van der Waals surface area contributed by atoms with Crippen molar-refractivity contribution < 1.29 is 5.11 Å². The highest BCUT2D eigenvalue weighted by Gasteiger charge is 1.98. The second-order valence-corrected chi connectivity index (χ2v) is 3.91. The Morgan fingerprint density at radius 2 is 2.21 bits per heavy atom. The molecule has 78 valence electrons. The Kier molecular flexibility index (Phi) is 4.63. The second kappa shape index (κ2) is 5.78. The van der Waals surface area contributed by atoms with E-state index in [1.54, 1.807) is 0 Å². The molecule has 2 N–H and O–H groups in total.